The van der Waals surface area contributed by atoms with Crippen molar-refractivity contribution in [3.05, 3.63) is 30.3 Å². The fraction of sp³-hybridized carbons (Fsp3) is 0.533. The summed E-state index contributed by atoms with van der Waals surface area (Å²) in [4.78, 5) is 22.8. The molecule has 10 heteroatoms. The highest BCUT2D eigenvalue weighted by Gasteiger charge is 2.38. The van der Waals surface area contributed by atoms with Crippen LogP contribution < -0.4 is 5.32 Å². The van der Waals surface area contributed by atoms with Crippen LogP contribution in [-0.2, 0) is 17.4 Å². The summed E-state index contributed by atoms with van der Waals surface area (Å²) < 4.78 is 41.0. The number of amides is 1. The van der Waals surface area contributed by atoms with Gasteiger partial charge in [0.25, 0.3) is 0 Å². The quantitative estimate of drug-likeness (QED) is 0.691. The van der Waals surface area contributed by atoms with Gasteiger partial charge in [0.2, 0.25) is 5.91 Å². The molecule has 25 heavy (non-hydrogen) atoms. The smallest absolute Gasteiger partial charge is 0.329 e. The van der Waals surface area contributed by atoms with Crippen molar-refractivity contribution in [1.29, 1.82) is 0 Å². The summed E-state index contributed by atoms with van der Waals surface area (Å²) in [5.41, 5.74) is 0. The van der Waals surface area contributed by atoms with Crippen LogP contribution in [0.15, 0.2) is 23.1 Å². The van der Waals surface area contributed by atoms with Crippen molar-refractivity contribution in [3.8, 4) is 0 Å². The largest absolute Gasteiger partial charge is 0.471 e. The molecule has 0 radical (unpaired) electrons. The Balaban J connectivity index is 1.52. The second-order valence-corrected chi connectivity index (χ2v) is 5.42. The molecule has 0 aromatic carbocycles. The van der Waals surface area contributed by atoms with Crippen molar-refractivity contribution in [2.45, 2.75) is 51.1 Å². The highest BCUT2D eigenvalue weighted by atomic mass is 19.4. The molecule has 2 aromatic heterocycles. The number of nitrogens with one attached hydrogen (secondary N) is 1. The summed E-state index contributed by atoms with van der Waals surface area (Å²) in [6.07, 6.45) is 4.57. The van der Waals surface area contributed by atoms with Gasteiger partial charge in [0.05, 0.1) is 6.20 Å². The van der Waals surface area contributed by atoms with Crippen molar-refractivity contribution in [1.82, 2.24) is 20.1 Å². The lowest BCUT2D eigenvalue weighted by Gasteiger charge is -2.03. The number of unbranched alkanes of at least 4 members (excludes halogenated alkanes) is 4. The van der Waals surface area contributed by atoms with Crippen LogP contribution in [-0.4, -0.2) is 26.0 Å². The maximum atomic E-state index is 12.3. The Kier molecular flexibility index (Phi) is 6.84. The SMILES string of the molecule is O=C(CCCCCCCc1noc(C(F)(F)F)n1)Nc1cnccn1. The third-order valence-corrected chi connectivity index (χ3v) is 3.35. The summed E-state index contributed by atoms with van der Waals surface area (Å²) in [6.45, 7) is 0. The topological polar surface area (TPSA) is 93.8 Å². The first-order valence-electron chi connectivity index (χ1n) is 7.91. The zero-order valence-corrected chi connectivity index (χ0v) is 13.4. The Bertz CT molecular complexity index is 661. The lowest BCUT2D eigenvalue weighted by molar-refractivity contribution is -0.159. The average molecular weight is 357 g/mol. The van der Waals surface area contributed by atoms with E-state index < -0.39 is 12.1 Å². The zero-order chi connectivity index (χ0) is 18.1. The Morgan fingerprint density at radius 3 is 2.56 bits per heavy atom. The van der Waals surface area contributed by atoms with Crippen LogP contribution in [0.1, 0.15) is 50.2 Å². The van der Waals surface area contributed by atoms with E-state index in [2.05, 4.69) is 29.9 Å². The van der Waals surface area contributed by atoms with Crippen LogP contribution in [0.2, 0.25) is 0 Å². The monoisotopic (exact) mass is 357 g/mol. The normalized spacial score (nSPS) is 11.5. The van der Waals surface area contributed by atoms with Gasteiger partial charge in [-0.25, -0.2) is 4.98 Å². The molecule has 0 aliphatic rings. The van der Waals surface area contributed by atoms with Crippen LogP contribution in [0.25, 0.3) is 0 Å². The average Bonchev–Trinajstić information content (AvgIpc) is 3.04. The minimum atomic E-state index is -4.60. The van der Waals surface area contributed by atoms with Crippen molar-refractivity contribution < 1.29 is 22.5 Å². The lowest BCUT2D eigenvalue weighted by Crippen LogP contribution is -2.12. The molecule has 0 saturated carbocycles. The molecule has 0 fully saturated rings. The van der Waals surface area contributed by atoms with Crippen molar-refractivity contribution in [2.24, 2.45) is 0 Å². The first-order valence-corrected chi connectivity index (χ1v) is 7.91. The Morgan fingerprint density at radius 1 is 1.12 bits per heavy atom. The van der Waals surface area contributed by atoms with E-state index in [1.165, 1.54) is 18.6 Å². The highest BCUT2D eigenvalue weighted by molar-refractivity contribution is 5.89. The van der Waals surface area contributed by atoms with E-state index in [4.69, 9.17) is 0 Å². The maximum absolute atomic E-state index is 12.3. The van der Waals surface area contributed by atoms with Crippen LogP contribution >= 0.6 is 0 Å². The van der Waals surface area contributed by atoms with Gasteiger partial charge >= 0.3 is 12.1 Å². The predicted octanol–water partition coefficient (Wildman–Crippen LogP) is 3.40. The molecule has 7 nitrogen and oxygen atoms in total. The van der Waals surface area contributed by atoms with Gasteiger partial charge in [-0.2, -0.15) is 18.2 Å². The standard InChI is InChI=1S/C15H18F3N5O2/c16-15(17,18)14-22-11(23-25-14)6-4-2-1-3-5-7-13(24)21-12-10-19-8-9-20-12/h8-10H,1-7H2,(H,20,21,24). The predicted molar refractivity (Wildman–Crippen MR) is 81.4 cm³/mol. The number of carbonyl (C=O) groups is 1. The van der Waals surface area contributed by atoms with Gasteiger partial charge in [-0.05, 0) is 12.8 Å². The molecule has 0 aliphatic carbocycles. The molecule has 0 atom stereocenters. The Morgan fingerprint density at radius 2 is 1.88 bits per heavy atom. The summed E-state index contributed by atoms with van der Waals surface area (Å²) >= 11 is 0. The number of aromatic nitrogens is 4. The molecule has 0 unspecified atom stereocenters. The fourth-order valence-electron chi connectivity index (χ4n) is 2.14. The molecular weight excluding hydrogens is 339 g/mol. The van der Waals surface area contributed by atoms with E-state index in [9.17, 15) is 18.0 Å². The van der Waals surface area contributed by atoms with Crippen molar-refractivity contribution in [3.63, 3.8) is 0 Å². The highest BCUT2D eigenvalue weighted by Crippen LogP contribution is 2.27. The number of halogens is 3. The summed E-state index contributed by atoms with van der Waals surface area (Å²) in [6, 6.07) is 0. The molecule has 0 spiro atoms. The molecular formula is C15H18F3N5O2. The van der Waals surface area contributed by atoms with Crippen molar-refractivity contribution in [2.75, 3.05) is 5.32 Å². The minimum absolute atomic E-state index is 0.0654. The van der Waals surface area contributed by atoms with Gasteiger partial charge in [-0.15, -0.1) is 0 Å². The second kappa shape index (κ2) is 9.09. The van der Waals surface area contributed by atoms with Crippen molar-refractivity contribution >= 4 is 11.7 Å². The maximum Gasteiger partial charge on any atom is 0.471 e. The summed E-state index contributed by atoms with van der Waals surface area (Å²) in [5, 5.41) is 5.96. The van der Waals surface area contributed by atoms with E-state index in [0.717, 1.165) is 25.7 Å². The number of hydrogen-bond donors (Lipinski definition) is 1. The van der Waals surface area contributed by atoms with Gasteiger partial charge in [0.1, 0.15) is 0 Å². The number of anilines is 1. The van der Waals surface area contributed by atoms with Gasteiger partial charge in [0, 0.05) is 25.2 Å². The number of nitrogens with zero attached hydrogens (tertiary/aromatic N) is 4. The summed E-state index contributed by atoms with van der Waals surface area (Å²) in [7, 11) is 0. The van der Waals surface area contributed by atoms with E-state index in [-0.39, 0.29) is 11.7 Å². The first-order chi connectivity index (χ1) is 11.9. The molecule has 1 N–H and O–H groups in total. The van der Waals surface area contributed by atoms with Gasteiger partial charge in [-0.1, -0.05) is 24.4 Å². The first kappa shape index (κ1) is 18.8. The van der Waals surface area contributed by atoms with E-state index >= 15 is 0 Å². The number of hydrogen-bond acceptors (Lipinski definition) is 6. The van der Waals surface area contributed by atoms with E-state index in [1.807, 2.05) is 0 Å². The molecule has 2 heterocycles. The minimum Gasteiger partial charge on any atom is -0.329 e. The molecule has 0 saturated heterocycles. The molecule has 0 aliphatic heterocycles. The number of alkyl halides is 3. The number of aryl methyl sites for hydroxylation is 1. The molecule has 136 valence electrons. The van der Waals surface area contributed by atoms with Gasteiger partial charge in [0.15, 0.2) is 11.6 Å². The van der Waals surface area contributed by atoms with E-state index in [0.29, 0.717) is 25.1 Å². The summed E-state index contributed by atoms with van der Waals surface area (Å²) in [5.74, 6) is -0.940. The van der Waals surface area contributed by atoms with Gasteiger partial charge < -0.3 is 9.84 Å². The molecule has 2 aromatic rings. The van der Waals surface area contributed by atoms with Crippen LogP contribution in [0.3, 0.4) is 0 Å². The van der Waals surface area contributed by atoms with Gasteiger partial charge in [-0.3, -0.25) is 9.78 Å². The molecule has 0 bridgehead atoms. The van der Waals surface area contributed by atoms with Crippen LogP contribution in [0, 0.1) is 0 Å². The lowest BCUT2D eigenvalue weighted by atomic mass is 10.1. The third-order valence-electron chi connectivity index (χ3n) is 3.35. The third kappa shape index (κ3) is 6.86. The molecule has 1 amide bonds. The number of rotatable bonds is 9. The Labute approximate surface area is 142 Å². The fourth-order valence-corrected chi connectivity index (χ4v) is 2.14. The Hall–Kier alpha value is -2.52. The van der Waals surface area contributed by atoms with E-state index in [1.54, 1.807) is 0 Å². The van der Waals surface area contributed by atoms with Crippen LogP contribution in [0.4, 0.5) is 19.0 Å². The zero-order valence-electron chi connectivity index (χ0n) is 13.4. The van der Waals surface area contributed by atoms with Crippen LogP contribution in [0.5, 0.6) is 0 Å². The number of carbonyl (C=O) groups excluding carboxylic acids is 1. The molecule has 2 rings (SSSR count). The second-order valence-electron chi connectivity index (χ2n) is 5.42.